The average Bonchev–Trinajstić information content (AvgIpc) is 2.58. The van der Waals surface area contributed by atoms with E-state index < -0.39 is 11.4 Å². The summed E-state index contributed by atoms with van der Waals surface area (Å²) in [5, 5.41) is 12.2. The zero-order valence-corrected chi connectivity index (χ0v) is 13.9. The summed E-state index contributed by atoms with van der Waals surface area (Å²) in [6.45, 7) is 0.324. The normalized spacial score (nSPS) is 15.0. The summed E-state index contributed by atoms with van der Waals surface area (Å²) in [6, 6.07) is 16.8. The van der Waals surface area contributed by atoms with Crippen LogP contribution in [-0.4, -0.2) is 17.0 Å². The molecule has 1 fully saturated rings. The van der Waals surface area contributed by atoms with E-state index in [1.807, 2.05) is 48.5 Å². The van der Waals surface area contributed by atoms with Crippen molar-refractivity contribution in [3.63, 3.8) is 0 Å². The molecule has 0 bridgehead atoms. The van der Waals surface area contributed by atoms with Gasteiger partial charge in [0, 0.05) is 17.7 Å². The number of hydrogen-bond acceptors (Lipinski definition) is 3. The summed E-state index contributed by atoms with van der Waals surface area (Å²) in [5.74, 6) is -0.396. The fourth-order valence-corrected chi connectivity index (χ4v) is 3.02. The van der Waals surface area contributed by atoms with Gasteiger partial charge in [0.2, 0.25) is 5.91 Å². The van der Waals surface area contributed by atoms with Crippen molar-refractivity contribution in [1.82, 2.24) is 0 Å². The molecular formula is C20H21NO4. The quantitative estimate of drug-likeness (QED) is 0.803. The van der Waals surface area contributed by atoms with E-state index in [-0.39, 0.29) is 12.3 Å². The number of carbonyl (C=O) groups excluding carboxylic acids is 1. The summed E-state index contributed by atoms with van der Waals surface area (Å²) in [7, 11) is 0. The van der Waals surface area contributed by atoms with Gasteiger partial charge in [-0.25, -0.2) is 0 Å². The van der Waals surface area contributed by atoms with Gasteiger partial charge in [-0.3, -0.25) is 9.59 Å². The highest BCUT2D eigenvalue weighted by atomic mass is 16.5. The third kappa shape index (κ3) is 3.99. The van der Waals surface area contributed by atoms with E-state index in [2.05, 4.69) is 5.32 Å². The molecule has 1 amide bonds. The Morgan fingerprint density at radius 3 is 2.36 bits per heavy atom. The van der Waals surface area contributed by atoms with Crippen molar-refractivity contribution < 1.29 is 19.4 Å². The molecule has 0 spiro atoms. The predicted molar refractivity (Wildman–Crippen MR) is 94.4 cm³/mol. The fourth-order valence-electron chi connectivity index (χ4n) is 3.02. The summed E-state index contributed by atoms with van der Waals surface area (Å²) < 4.78 is 5.74. The highest BCUT2D eigenvalue weighted by molar-refractivity contribution is 5.95. The van der Waals surface area contributed by atoms with Gasteiger partial charge in [0.25, 0.3) is 0 Å². The molecule has 0 heterocycles. The molecule has 5 nitrogen and oxygen atoms in total. The van der Waals surface area contributed by atoms with E-state index in [1.54, 1.807) is 6.07 Å². The molecule has 130 valence electrons. The molecule has 2 N–H and O–H groups in total. The van der Waals surface area contributed by atoms with E-state index in [9.17, 15) is 14.7 Å². The molecule has 3 rings (SSSR count). The van der Waals surface area contributed by atoms with Gasteiger partial charge in [0.05, 0.1) is 5.41 Å². The van der Waals surface area contributed by atoms with Crippen molar-refractivity contribution in [2.75, 3.05) is 5.32 Å². The van der Waals surface area contributed by atoms with Gasteiger partial charge < -0.3 is 15.2 Å². The average molecular weight is 339 g/mol. The summed E-state index contributed by atoms with van der Waals surface area (Å²) in [4.78, 5) is 23.8. The van der Waals surface area contributed by atoms with Crippen LogP contribution in [0.2, 0.25) is 0 Å². The lowest BCUT2D eigenvalue weighted by Gasteiger charge is -2.36. The molecule has 0 aromatic heterocycles. The van der Waals surface area contributed by atoms with Gasteiger partial charge in [-0.15, -0.1) is 0 Å². The second-order valence-electron chi connectivity index (χ2n) is 6.42. The number of amides is 1. The lowest BCUT2D eigenvalue weighted by Crippen LogP contribution is -2.41. The Morgan fingerprint density at radius 1 is 1.04 bits per heavy atom. The second kappa shape index (κ2) is 7.38. The van der Waals surface area contributed by atoms with Crippen molar-refractivity contribution in [1.29, 1.82) is 0 Å². The highest BCUT2D eigenvalue weighted by Crippen LogP contribution is 2.44. The number of anilines is 1. The number of rotatable bonds is 7. The van der Waals surface area contributed by atoms with Crippen LogP contribution >= 0.6 is 0 Å². The maximum absolute atomic E-state index is 12.3. The molecular weight excluding hydrogens is 318 g/mol. The van der Waals surface area contributed by atoms with Gasteiger partial charge in [-0.05, 0) is 31.0 Å². The first-order valence-corrected chi connectivity index (χ1v) is 8.38. The van der Waals surface area contributed by atoms with Crippen LogP contribution in [0, 0.1) is 5.41 Å². The molecule has 1 saturated carbocycles. The Hall–Kier alpha value is -2.82. The zero-order chi connectivity index (χ0) is 17.7. The molecule has 2 aromatic rings. The lowest BCUT2D eigenvalue weighted by atomic mass is 9.66. The van der Waals surface area contributed by atoms with Crippen molar-refractivity contribution in [2.45, 2.75) is 32.3 Å². The third-order valence-corrected chi connectivity index (χ3v) is 4.69. The molecule has 5 heteroatoms. The first-order chi connectivity index (χ1) is 12.1. The first-order valence-electron chi connectivity index (χ1n) is 8.38. The van der Waals surface area contributed by atoms with E-state index in [0.29, 0.717) is 25.1 Å². The zero-order valence-electron chi connectivity index (χ0n) is 13.9. The number of hydrogen-bond donors (Lipinski definition) is 2. The number of aliphatic carboxylic acids is 1. The largest absolute Gasteiger partial charge is 0.489 e. The van der Waals surface area contributed by atoms with Crippen LogP contribution in [0.25, 0.3) is 0 Å². The standard InChI is InChI=1S/C20H21NO4/c22-18(13-20(19(23)24)11-6-12-20)21-17-10-5-4-7-15(17)14-25-16-8-2-1-3-9-16/h1-5,7-10H,6,11-14H2,(H,21,22)(H,23,24). The lowest BCUT2D eigenvalue weighted by molar-refractivity contribution is -0.157. The minimum absolute atomic E-state index is 0.0101. The number of carbonyl (C=O) groups is 2. The Bertz CT molecular complexity index is 753. The van der Waals surface area contributed by atoms with E-state index >= 15 is 0 Å². The summed E-state index contributed by atoms with van der Waals surface area (Å²) >= 11 is 0. The predicted octanol–water partition coefficient (Wildman–Crippen LogP) is 3.85. The topological polar surface area (TPSA) is 75.6 Å². The molecule has 1 aliphatic rings. The molecule has 1 aliphatic carbocycles. The van der Waals surface area contributed by atoms with Crippen molar-refractivity contribution in [3.05, 3.63) is 60.2 Å². The monoisotopic (exact) mass is 339 g/mol. The van der Waals surface area contributed by atoms with E-state index in [0.717, 1.165) is 17.7 Å². The number of carboxylic acids is 1. The van der Waals surface area contributed by atoms with Crippen LogP contribution in [0.5, 0.6) is 5.75 Å². The number of para-hydroxylation sites is 2. The van der Waals surface area contributed by atoms with Crippen LogP contribution in [-0.2, 0) is 16.2 Å². The molecule has 0 atom stereocenters. The van der Waals surface area contributed by atoms with E-state index in [1.165, 1.54) is 0 Å². The Labute approximate surface area is 146 Å². The first kappa shape index (κ1) is 17.0. The summed E-state index contributed by atoms with van der Waals surface area (Å²) in [5.41, 5.74) is 0.612. The van der Waals surface area contributed by atoms with Crippen LogP contribution in [0.1, 0.15) is 31.2 Å². The van der Waals surface area contributed by atoms with Gasteiger partial charge >= 0.3 is 5.97 Å². The van der Waals surface area contributed by atoms with Crippen LogP contribution in [0.15, 0.2) is 54.6 Å². The molecule has 0 unspecified atom stereocenters. The van der Waals surface area contributed by atoms with Crippen molar-refractivity contribution >= 4 is 17.6 Å². The Kier molecular flexibility index (Phi) is 5.03. The van der Waals surface area contributed by atoms with Gasteiger partial charge in [0.15, 0.2) is 0 Å². The summed E-state index contributed by atoms with van der Waals surface area (Å²) in [6.07, 6.45) is 2.00. The maximum Gasteiger partial charge on any atom is 0.310 e. The van der Waals surface area contributed by atoms with E-state index in [4.69, 9.17) is 4.74 Å². The maximum atomic E-state index is 12.3. The van der Waals surface area contributed by atoms with Gasteiger partial charge in [0.1, 0.15) is 12.4 Å². The molecule has 2 aromatic carbocycles. The number of ether oxygens (including phenoxy) is 1. The van der Waals surface area contributed by atoms with Crippen LogP contribution in [0.3, 0.4) is 0 Å². The Balaban J connectivity index is 1.64. The number of carboxylic acid groups (broad SMARTS) is 1. The number of nitrogens with one attached hydrogen (secondary N) is 1. The van der Waals surface area contributed by atoms with Crippen molar-refractivity contribution in [2.24, 2.45) is 5.41 Å². The van der Waals surface area contributed by atoms with Crippen molar-refractivity contribution in [3.8, 4) is 5.75 Å². The second-order valence-corrected chi connectivity index (χ2v) is 6.42. The smallest absolute Gasteiger partial charge is 0.310 e. The number of benzene rings is 2. The SMILES string of the molecule is O=C(CC1(C(=O)O)CCC1)Nc1ccccc1COc1ccccc1. The Morgan fingerprint density at radius 2 is 1.72 bits per heavy atom. The van der Waals surface area contributed by atoms with Crippen LogP contribution in [0.4, 0.5) is 5.69 Å². The molecule has 25 heavy (non-hydrogen) atoms. The third-order valence-electron chi connectivity index (χ3n) is 4.69. The fraction of sp³-hybridized carbons (Fsp3) is 0.300. The minimum atomic E-state index is -0.889. The molecule has 0 radical (unpaired) electrons. The highest BCUT2D eigenvalue weighted by Gasteiger charge is 2.45. The molecule has 0 saturated heterocycles. The van der Waals surface area contributed by atoms with Crippen LogP contribution < -0.4 is 10.1 Å². The van der Waals surface area contributed by atoms with Gasteiger partial charge in [-0.2, -0.15) is 0 Å². The van der Waals surface area contributed by atoms with Gasteiger partial charge in [-0.1, -0.05) is 42.8 Å². The minimum Gasteiger partial charge on any atom is -0.489 e. The molecule has 0 aliphatic heterocycles.